The van der Waals surface area contributed by atoms with E-state index in [-0.39, 0.29) is 11.5 Å². The molecule has 2 heterocycles. The summed E-state index contributed by atoms with van der Waals surface area (Å²) in [7, 11) is 0. The Morgan fingerprint density at radius 3 is 2.83 bits per heavy atom. The zero-order chi connectivity index (χ0) is 20.9. The molecule has 2 aromatic heterocycles. The lowest BCUT2D eigenvalue weighted by Crippen LogP contribution is -2.34. The molecule has 0 fully saturated rings. The van der Waals surface area contributed by atoms with Gasteiger partial charge in [0.05, 0.1) is 5.39 Å². The molecule has 1 aliphatic carbocycles. The number of hydrogen-bond donors (Lipinski definition) is 1. The Morgan fingerprint density at radius 2 is 2.07 bits per heavy atom. The predicted octanol–water partition coefficient (Wildman–Crippen LogP) is 4.71. The summed E-state index contributed by atoms with van der Waals surface area (Å²) in [6, 6.07) is 5.19. The smallest absolute Gasteiger partial charge is 0.263 e. The largest absolute Gasteiger partial charge is 0.324 e. The Kier molecular flexibility index (Phi) is 5.07. The molecular weight excluding hydrogens is 382 g/mol. The number of fused-ring (bicyclic) bond motifs is 3. The number of nitrogens with one attached hydrogen (secondary N) is 1. The SMILES string of the molecule is Cc1cccc(NC(=O)C(C)n2c(C)nc3sc4c(c3c2=O)CCC(C)C4)c1C. The third kappa shape index (κ3) is 3.39. The molecule has 0 saturated carbocycles. The number of aryl methyl sites for hydroxylation is 3. The molecule has 2 atom stereocenters. The van der Waals surface area contributed by atoms with Crippen LogP contribution in [0, 0.1) is 26.7 Å². The number of carbonyl (C=O) groups is 1. The van der Waals surface area contributed by atoms with Gasteiger partial charge in [0.15, 0.2) is 0 Å². The Labute approximate surface area is 174 Å². The number of carbonyl (C=O) groups excluding carboxylic acids is 1. The lowest BCUT2D eigenvalue weighted by molar-refractivity contribution is -0.118. The highest BCUT2D eigenvalue weighted by Crippen LogP contribution is 2.36. The van der Waals surface area contributed by atoms with E-state index in [0.717, 1.165) is 46.5 Å². The van der Waals surface area contributed by atoms with Crippen LogP contribution in [-0.4, -0.2) is 15.5 Å². The summed E-state index contributed by atoms with van der Waals surface area (Å²) in [6.07, 6.45) is 3.02. The number of aromatic nitrogens is 2. The monoisotopic (exact) mass is 409 g/mol. The molecule has 1 aromatic carbocycles. The van der Waals surface area contributed by atoms with Crippen molar-refractivity contribution >= 4 is 33.1 Å². The molecule has 1 aliphatic rings. The highest BCUT2D eigenvalue weighted by molar-refractivity contribution is 7.18. The van der Waals surface area contributed by atoms with Crippen LogP contribution < -0.4 is 10.9 Å². The zero-order valence-corrected chi connectivity index (χ0v) is 18.4. The van der Waals surface area contributed by atoms with E-state index in [9.17, 15) is 9.59 Å². The minimum absolute atomic E-state index is 0.0943. The van der Waals surface area contributed by atoms with Crippen molar-refractivity contribution in [1.29, 1.82) is 0 Å². The van der Waals surface area contributed by atoms with E-state index in [2.05, 4.69) is 12.2 Å². The van der Waals surface area contributed by atoms with E-state index in [4.69, 9.17) is 4.98 Å². The molecule has 0 radical (unpaired) electrons. The third-order valence-electron chi connectivity index (χ3n) is 6.17. The van der Waals surface area contributed by atoms with Crippen molar-refractivity contribution in [2.75, 3.05) is 5.32 Å². The molecular formula is C23H27N3O2S. The summed E-state index contributed by atoms with van der Waals surface area (Å²) < 4.78 is 1.55. The predicted molar refractivity (Wildman–Crippen MR) is 119 cm³/mol. The van der Waals surface area contributed by atoms with Gasteiger partial charge in [0.1, 0.15) is 16.7 Å². The van der Waals surface area contributed by atoms with Gasteiger partial charge >= 0.3 is 0 Å². The number of thiophene rings is 1. The lowest BCUT2D eigenvalue weighted by atomic mass is 9.89. The maximum Gasteiger partial charge on any atom is 0.263 e. The number of amides is 1. The van der Waals surface area contributed by atoms with Crippen molar-refractivity contribution in [2.24, 2.45) is 5.92 Å². The van der Waals surface area contributed by atoms with Gasteiger partial charge in [-0.25, -0.2) is 4.98 Å². The number of anilines is 1. The average Bonchev–Trinajstić information content (AvgIpc) is 3.02. The minimum atomic E-state index is -0.641. The minimum Gasteiger partial charge on any atom is -0.324 e. The van der Waals surface area contributed by atoms with Crippen molar-refractivity contribution in [3.05, 3.63) is 55.9 Å². The first kappa shape index (κ1) is 19.8. The Hall–Kier alpha value is -2.47. The summed E-state index contributed by atoms with van der Waals surface area (Å²) >= 11 is 1.64. The molecule has 4 rings (SSSR count). The van der Waals surface area contributed by atoms with Gasteiger partial charge in [0.25, 0.3) is 5.56 Å². The second-order valence-corrected chi connectivity index (χ2v) is 9.36. The number of benzene rings is 1. The van der Waals surface area contributed by atoms with Crippen LogP contribution in [0.15, 0.2) is 23.0 Å². The van der Waals surface area contributed by atoms with Crippen LogP contribution in [-0.2, 0) is 17.6 Å². The molecule has 29 heavy (non-hydrogen) atoms. The topological polar surface area (TPSA) is 64.0 Å². The van der Waals surface area contributed by atoms with Crippen molar-refractivity contribution < 1.29 is 4.79 Å². The van der Waals surface area contributed by atoms with E-state index in [1.165, 1.54) is 4.88 Å². The summed E-state index contributed by atoms with van der Waals surface area (Å²) in [4.78, 5) is 33.2. The lowest BCUT2D eigenvalue weighted by Gasteiger charge is -2.20. The van der Waals surface area contributed by atoms with E-state index in [1.54, 1.807) is 22.8 Å². The zero-order valence-electron chi connectivity index (χ0n) is 17.6. The Balaban J connectivity index is 1.74. The molecule has 0 saturated heterocycles. The third-order valence-corrected chi connectivity index (χ3v) is 7.32. The summed E-state index contributed by atoms with van der Waals surface area (Å²) in [6.45, 7) is 9.83. The van der Waals surface area contributed by atoms with Gasteiger partial charge in [-0.2, -0.15) is 0 Å². The van der Waals surface area contributed by atoms with Crippen molar-refractivity contribution in [2.45, 2.75) is 59.9 Å². The van der Waals surface area contributed by atoms with E-state index >= 15 is 0 Å². The molecule has 1 amide bonds. The highest BCUT2D eigenvalue weighted by atomic mass is 32.1. The van der Waals surface area contributed by atoms with Crippen LogP contribution >= 0.6 is 11.3 Å². The molecule has 0 aliphatic heterocycles. The summed E-state index contributed by atoms with van der Waals surface area (Å²) in [5.41, 5.74) is 3.99. The van der Waals surface area contributed by atoms with Crippen LogP contribution in [0.25, 0.3) is 10.2 Å². The first-order chi connectivity index (χ1) is 13.8. The maximum atomic E-state index is 13.4. The number of nitrogens with zero attached hydrogens (tertiary/aromatic N) is 2. The fraction of sp³-hybridized carbons (Fsp3) is 0.435. The summed E-state index contributed by atoms with van der Waals surface area (Å²) in [5.74, 6) is 1.02. The van der Waals surface area contributed by atoms with Gasteiger partial charge in [0.2, 0.25) is 5.91 Å². The van der Waals surface area contributed by atoms with Gasteiger partial charge in [-0.05, 0) is 75.6 Å². The molecule has 5 nitrogen and oxygen atoms in total. The first-order valence-electron chi connectivity index (χ1n) is 10.2. The second kappa shape index (κ2) is 7.41. The van der Waals surface area contributed by atoms with Gasteiger partial charge in [0, 0.05) is 10.6 Å². The molecule has 0 bridgehead atoms. The number of hydrogen-bond acceptors (Lipinski definition) is 4. The van der Waals surface area contributed by atoms with Crippen LogP contribution in [0.3, 0.4) is 0 Å². The van der Waals surface area contributed by atoms with Crippen LogP contribution in [0.5, 0.6) is 0 Å². The average molecular weight is 410 g/mol. The van der Waals surface area contributed by atoms with Crippen molar-refractivity contribution in [1.82, 2.24) is 9.55 Å². The Bertz CT molecular complexity index is 1180. The molecule has 3 aromatic rings. The van der Waals surface area contributed by atoms with Crippen molar-refractivity contribution in [3.63, 3.8) is 0 Å². The van der Waals surface area contributed by atoms with Gasteiger partial charge in [-0.15, -0.1) is 11.3 Å². The first-order valence-corrected chi connectivity index (χ1v) is 11.0. The van der Waals surface area contributed by atoms with Gasteiger partial charge < -0.3 is 5.32 Å². The number of rotatable bonds is 3. The van der Waals surface area contributed by atoms with E-state index in [1.807, 2.05) is 39.0 Å². The molecule has 0 spiro atoms. The fourth-order valence-electron chi connectivity index (χ4n) is 4.20. The standard InChI is InChI=1S/C23H27N3O2S/c1-12-9-10-17-19(11-12)29-22-20(17)23(28)26(16(5)24-22)15(4)21(27)25-18-8-6-7-13(2)14(18)3/h6-8,12,15H,9-11H2,1-5H3,(H,25,27). The molecule has 2 unspecified atom stereocenters. The van der Waals surface area contributed by atoms with E-state index < -0.39 is 6.04 Å². The highest BCUT2D eigenvalue weighted by Gasteiger charge is 2.26. The fourth-order valence-corrected chi connectivity index (χ4v) is 5.62. The molecule has 6 heteroatoms. The summed E-state index contributed by atoms with van der Waals surface area (Å²) in [5, 5.41) is 3.71. The van der Waals surface area contributed by atoms with Gasteiger partial charge in [-0.1, -0.05) is 19.1 Å². The van der Waals surface area contributed by atoms with Crippen LogP contribution in [0.2, 0.25) is 0 Å². The van der Waals surface area contributed by atoms with Crippen LogP contribution in [0.4, 0.5) is 5.69 Å². The normalized spacial score (nSPS) is 17.2. The van der Waals surface area contributed by atoms with Crippen LogP contribution in [0.1, 0.15) is 53.7 Å². The molecule has 152 valence electrons. The van der Waals surface area contributed by atoms with Crippen molar-refractivity contribution in [3.8, 4) is 0 Å². The second-order valence-electron chi connectivity index (χ2n) is 8.28. The molecule has 1 N–H and O–H groups in total. The van der Waals surface area contributed by atoms with E-state index in [0.29, 0.717) is 17.1 Å². The van der Waals surface area contributed by atoms with Gasteiger partial charge in [-0.3, -0.25) is 14.2 Å². The Morgan fingerprint density at radius 1 is 1.31 bits per heavy atom. The quantitative estimate of drug-likeness (QED) is 0.681. The maximum absolute atomic E-state index is 13.4.